The Morgan fingerprint density at radius 1 is 1.27 bits per heavy atom. The summed E-state index contributed by atoms with van der Waals surface area (Å²) in [6.07, 6.45) is 6.43. The quantitative estimate of drug-likeness (QED) is 0.335. The van der Waals surface area contributed by atoms with Crippen LogP contribution in [-0.2, 0) is 6.42 Å². The number of aliphatic hydroxyl groups is 1. The molecule has 0 amide bonds. The van der Waals surface area contributed by atoms with E-state index in [4.69, 9.17) is 17.0 Å². The predicted octanol–water partition coefficient (Wildman–Crippen LogP) is 4.30. The Morgan fingerprint density at radius 2 is 2.14 bits per heavy atom. The highest BCUT2D eigenvalue weighted by Gasteiger charge is 2.43. The van der Waals surface area contributed by atoms with Gasteiger partial charge in [-0.15, -0.1) is 6.58 Å². The average Bonchev–Trinajstić information content (AvgIpc) is 3.25. The molecule has 2 bridgehead atoms. The molecule has 1 aromatic heterocycles. The van der Waals surface area contributed by atoms with Gasteiger partial charge in [0.2, 0.25) is 0 Å². The molecule has 7 rings (SSSR count). The number of aromatic nitrogens is 1. The lowest BCUT2D eigenvalue weighted by Crippen LogP contribution is -2.58. The molecule has 0 saturated carbocycles. The molecule has 0 radical (unpaired) electrons. The number of aliphatic hydroxyl groups excluding tert-OH is 1. The van der Waals surface area contributed by atoms with Gasteiger partial charge >= 0.3 is 0 Å². The van der Waals surface area contributed by atoms with Crippen LogP contribution in [0.1, 0.15) is 41.6 Å². The molecular weight excluding hydrogens is 480 g/mol. The average molecular weight is 515 g/mol. The van der Waals surface area contributed by atoms with E-state index in [0.29, 0.717) is 23.4 Å². The third kappa shape index (κ3) is 4.49. The van der Waals surface area contributed by atoms with Gasteiger partial charge in [0, 0.05) is 30.6 Å². The molecule has 4 heterocycles. The van der Waals surface area contributed by atoms with Crippen LogP contribution in [0, 0.1) is 11.8 Å². The van der Waals surface area contributed by atoms with Gasteiger partial charge in [-0.25, -0.2) is 0 Å². The molecule has 3 fully saturated rings. The van der Waals surface area contributed by atoms with Crippen LogP contribution in [0.3, 0.4) is 0 Å². The van der Waals surface area contributed by atoms with Crippen LogP contribution >= 0.6 is 12.2 Å². The minimum atomic E-state index is -0.510. The summed E-state index contributed by atoms with van der Waals surface area (Å²) in [5, 5.41) is 19.6. The first kappa shape index (κ1) is 24.3. The Balaban J connectivity index is 1.34. The molecule has 6 nitrogen and oxygen atoms in total. The van der Waals surface area contributed by atoms with E-state index in [0.717, 1.165) is 47.3 Å². The molecule has 7 heteroatoms. The Morgan fingerprint density at radius 3 is 2.92 bits per heavy atom. The van der Waals surface area contributed by atoms with Gasteiger partial charge in [0.1, 0.15) is 5.75 Å². The molecule has 37 heavy (non-hydrogen) atoms. The van der Waals surface area contributed by atoms with Crippen LogP contribution in [0.25, 0.3) is 10.9 Å². The van der Waals surface area contributed by atoms with Crippen molar-refractivity contribution in [3.05, 3.63) is 84.1 Å². The molecule has 1 unspecified atom stereocenters. The monoisotopic (exact) mass is 514 g/mol. The molecule has 3 aromatic rings. The van der Waals surface area contributed by atoms with Crippen LogP contribution in [-0.4, -0.2) is 52.4 Å². The summed E-state index contributed by atoms with van der Waals surface area (Å²) in [6, 6.07) is 16.4. The van der Waals surface area contributed by atoms with Crippen molar-refractivity contribution in [3.8, 4) is 5.75 Å². The number of fused-ring (bicyclic) bond motifs is 5. The summed E-state index contributed by atoms with van der Waals surface area (Å²) < 4.78 is 5.56. The molecule has 3 saturated heterocycles. The van der Waals surface area contributed by atoms with Crippen LogP contribution in [0.15, 0.2) is 67.4 Å². The maximum absolute atomic E-state index is 10.8. The zero-order chi connectivity index (χ0) is 25.5. The zero-order valence-corrected chi connectivity index (χ0v) is 22.0. The molecular formula is C30H34N4O2S. The Bertz CT molecular complexity index is 1330. The smallest absolute Gasteiger partial charge is 0.167 e. The van der Waals surface area contributed by atoms with Gasteiger partial charge in [-0.1, -0.05) is 30.3 Å². The molecule has 7 atom stereocenters. The van der Waals surface area contributed by atoms with Gasteiger partial charge in [-0.2, -0.15) is 0 Å². The molecule has 2 aromatic carbocycles. The third-order valence-corrected chi connectivity index (χ3v) is 8.87. The Hall–Kier alpha value is -3.00. The second-order valence-electron chi connectivity index (χ2n) is 10.6. The van der Waals surface area contributed by atoms with E-state index >= 15 is 0 Å². The fourth-order valence-electron chi connectivity index (χ4n) is 6.72. The Kier molecular flexibility index (Phi) is 6.61. The number of hydrogen-bond acceptors (Lipinski definition) is 5. The summed E-state index contributed by atoms with van der Waals surface area (Å²) in [7, 11) is 1.69. The highest BCUT2D eigenvalue weighted by Crippen LogP contribution is 2.42. The van der Waals surface area contributed by atoms with Crippen molar-refractivity contribution in [2.75, 3.05) is 20.2 Å². The molecule has 0 spiro atoms. The predicted molar refractivity (Wildman–Crippen MR) is 151 cm³/mol. The topological polar surface area (TPSA) is 69.7 Å². The number of pyridine rings is 1. The van der Waals surface area contributed by atoms with E-state index in [1.54, 1.807) is 7.11 Å². The highest BCUT2D eigenvalue weighted by atomic mass is 32.1. The summed E-state index contributed by atoms with van der Waals surface area (Å²) in [5.74, 6) is 1.98. The van der Waals surface area contributed by atoms with E-state index < -0.39 is 6.10 Å². The number of methoxy groups -OCH3 is 1. The zero-order valence-electron chi connectivity index (χ0n) is 21.1. The summed E-state index contributed by atoms with van der Waals surface area (Å²) >= 11 is 5.91. The molecule has 3 aliphatic heterocycles. The van der Waals surface area contributed by atoms with Crippen molar-refractivity contribution in [3.63, 3.8) is 0 Å². The first-order chi connectivity index (χ1) is 18.1. The van der Waals surface area contributed by atoms with Crippen molar-refractivity contribution in [2.24, 2.45) is 11.8 Å². The van der Waals surface area contributed by atoms with Gasteiger partial charge in [0.15, 0.2) is 5.11 Å². The van der Waals surface area contributed by atoms with Crippen molar-refractivity contribution in [2.45, 2.75) is 43.5 Å². The second-order valence-corrected chi connectivity index (χ2v) is 11.0. The first-order valence-corrected chi connectivity index (χ1v) is 13.6. The van der Waals surface area contributed by atoms with Crippen LogP contribution in [0.5, 0.6) is 5.75 Å². The molecule has 1 aliphatic carbocycles. The summed E-state index contributed by atoms with van der Waals surface area (Å²) in [6.45, 7) is 6.21. The van der Waals surface area contributed by atoms with E-state index in [1.165, 1.54) is 12.0 Å². The molecule has 192 valence electrons. The number of nitrogens with zero attached hydrogens (tertiary/aromatic N) is 2. The van der Waals surface area contributed by atoms with Crippen molar-refractivity contribution < 1.29 is 9.84 Å². The van der Waals surface area contributed by atoms with E-state index in [2.05, 4.69) is 57.4 Å². The third-order valence-electron chi connectivity index (χ3n) is 8.63. The second kappa shape index (κ2) is 10.0. The number of rotatable bonds is 6. The van der Waals surface area contributed by atoms with Gasteiger partial charge < -0.3 is 20.5 Å². The number of hydrogen-bond donors (Lipinski definition) is 3. The van der Waals surface area contributed by atoms with E-state index in [9.17, 15) is 5.11 Å². The Labute approximate surface area is 223 Å². The maximum Gasteiger partial charge on any atom is 0.167 e. The van der Waals surface area contributed by atoms with Gasteiger partial charge in [-0.3, -0.25) is 9.88 Å². The number of piperidine rings is 3. The minimum absolute atomic E-state index is 0.0417. The van der Waals surface area contributed by atoms with Gasteiger partial charge in [-0.05, 0) is 84.4 Å². The molecule has 4 aliphatic rings. The normalized spacial score (nSPS) is 28.9. The fraction of sp³-hybridized carbons (Fsp3) is 0.400. The number of nitrogens with one attached hydrogen (secondary N) is 2. The minimum Gasteiger partial charge on any atom is -0.497 e. The van der Waals surface area contributed by atoms with Crippen LogP contribution < -0.4 is 15.4 Å². The first-order valence-electron chi connectivity index (χ1n) is 13.2. The number of ether oxygens (including phenoxy) is 1. The number of thiocarbonyl (C=S) groups is 1. The van der Waals surface area contributed by atoms with E-state index in [1.807, 2.05) is 30.5 Å². The summed E-state index contributed by atoms with van der Waals surface area (Å²) in [5.41, 5.74) is 4.38. The van der Waals surface area contributed by atoms with Crippen LogP contribution in [0.4, 0.5) is 0 Å². The highest BCUT2D eigenvalue weighted by molar-refractivity contribution is 7.80. The van der Waals surface area contributed by atoms with Crippen molar-refractivity contribution >= 4 is 28.2 Å². The maximum atomic E-state index is 10.8. The lowest BCUT2D eigenvalue weighted by molar-refractivity contribution is 0.00422. The fourth-order valence-corrected chi connectivity index (χ4v) is 6.98. The van der Waals surface area contributed by atoms with Crippen molar-refractivity contribution in [1.82, 2.24) is 20.5 Å². The largest absolute Gasteiger partial charge is 0.497 e. The summed E-state index contributed by atoms with van der Waals surface area (Å²) in [4.78, 5) is 7.22. The van der Waals surface area contributed by atoms with Crippen molar-refractivity contribution in [1.29, 1.82) is 0 Å². The lowest BCUT2D eigenvalue weighted by Gasteiger charge is -2.52. The lowest BCUT2D eigenvalue weighted by atomic mass is 9.73. The van der Waals surface area contributed by atoms with E-state index in [-0.39, 0.29) is 18.1 Å². The number of benzene rings is 2. The van der Waals surface area contributed by atoms with Gasteiger partial charge in [0.25, 0.3) is 0 Å². The molecule has 3 N–H and O–H groups in total. The van der Waals surface area contributed by atoms with Gasteiger partial charge in [0.05, 0.1) is 30.8 Å². The SMILES string of the molecule is C=C[C@H]1CN2CC[C@H]1C[C@H]2[C@H](NC(=S)N[C@@H]1c2ccccc2C[C@@H]1O)c1ccnc2ccc(OC)cc12. The standard InChI is InChI=1S/C30H34N4O2S/c1-3-18-17-34-13-11-19(18)14-26(34)28(23-10-12-31-25-9-8-21(36-2)16-24(23)25)32-30(37)33-29-22-7-5-4-6-20(22)15-27(29)35/h3-10,12,16,18-19,26-29,35H,1,11,13-15,17H2,2H3,(H2,32,33,37)/t18-,19-,26-,27-,28+,29+/m0/s1. The van der Waals surface area contributed by atoms with Crippen LogP contribution in [0.2, 0.25) is 0 Å².